The van der Waals surface area contributed by atoms with Crippen LogP contribution in [0.1, 0.15) is 32.4 Å². The lowest BCUT2D eigenvalue weighted by Crippen LogP contribution is -2.49. The Morgan fingerprint density at radius 1 is 1.11 bits per heavy atom. The molecule has 0 unspecified atom stereocenters. The highest BCUT2D eigenvalue weighted by Gasteiger charge is 2.37. The molecule has 0 radical (unpaired) electrons. The summed E-state index contributed by atoms with van der Waals surface area (Å²) in [5, 5.41) is 12.1. The van der Waals surface area contributed by atoms with Crippen LogP contribution < -0.4 is 10.1 Å². The summed E-state index contributed by atoms with van der Waals surface area (Å²) in [6.45, 7) is 4.28. The molecule has 5 aromatic rings. The highest BCUT2D eigenvalue weighted by Crippen LogP contribution is 2.31. The first-order chi connectivity index (χ1) is 17.7. The molecule has 2 aromatic carbocycles. The fourth-order valence-electron chi connectivity index (χ4n) is 4.07. The Hall–Kier alpha value is -4.41. The van der Waals surface area contributed by atoms with Gasteiger partial charge < -0.3 is 10.1 Å². The van der Waals surface area contributed by atoms with Gasteiger partial charge in [0.15, 0.2) is 5.65 Å². The number of fused-ring (bicyclic) bond motifs is 2. The number of amides is 1. The fourth-order valence-corrected chi connectivity index (χ4v) is 4.07. The van der Waals surface area contributed by atoms with Gasteiger partial charge in [-0.25, -0.2) is 4.52 Å². The number of benzene rings is 2. The van der Waals surface area contributed by atoms with Crippen molar-refractivity contribution < 1.29 is 18.3 Å². The smallest absolute Gasteiger partial charge is 0.321 e. The van der Waals surface area contributed by atoms with E-state index in [2.05, 4.69) is 25.5 Å². The van der Waals surface area contributed by atoms with E-state index in [1.54, 1.807) is 46.1 Å². The summed E-state index contributed by atoms with van der Waals surface area (Å²) in [7, 11) is 0. The van der Waals surface area contributed by atoms with Crippen LogP contribution in [-0.4, -0.2) is 47.2 Å². The molecule has 0 aliphatic rings. The zero-order valence-electron chi connectivity index (χ0n) is 20.4. The third-order valence-corrected chi connectivity index (χ3v) is 5.99. The second-order valence-electron chi connectivity index (χ2n) is 9.15. The van der Waals surface area contributed by atoms with E-state index in [4.69, 9.17) is 4.74 Å². The summed E-state index contributed by atoms with van der Waals surface area (Å²) in [6, 6.07) is 13.9. The van der Waals surface area contributed by atoms with Crippen LogP contribution in [0.5, 0.6) is 5.75 Å². The quantitative estimate of drug-likeness (QED) is 0.336. The van der Waals surface area contributed by atoms with Gasteiger partial charge in [0.25, 0.3) is 11.9 Å². The van der Waals surface area contributed by atoms with Crippen molar-refractivity contribution in [3.05, 3.63) is 78.9 Å². The van der Waals surface area contributed by atoms with Crippen LogP contribution in [0.2, 0.25) is 0 Å². The maximum atomic E-state index is 13.7. The highest BCUT2D eigenvalue weighted by molar-refractivity contribution is 5.83. The van der Waals surface area contributed by atoms with Crippen molar-refractivity contribution >= 4 is 22.5 Å². The minimum absolute atomic E-state index is 0.196. The molecule has 1 N–H and O–H groups in total. The summed E-state index contributed by atoms with van der Waals surface area (Å²) in [5.41, 5.74) is 2.09. The third kappa shape index (κ3) is 4.97. The van der Waals surface area contributed by atoms with E-state index in [0.717, 1.165) is 16.5 Å². The number of aromatic nitrogens is 6. The molecule has 1 amide bonds. The maximum Gasteiger partial charge on any atom is 0.321 e. The van der Waals surface area contributed by atoms with Gasteiger partial charge in [0.2, 0.25) is 0 Å². The zero-order chi connectivity index (χ0) is 26.2. The van der Waals surface area contributed by atoms with Crippen molar-refractivity contribution in [3.63, 3.8) is 0 Å². The predicted octanol–water partition coefficient (Wildman–Crippen LogP) is 4.38. The molecule has 3 aromatic heterocycles. The largest absolute Gasteiger partial charge is 0.484 e. The monoisotopic (exact) mass is 505 g/mol. The first-order valence-corrected chi connectivity index (χ1v) is 11.8. The third-order valence-electron chi connectivity index (χ3n) is 5.99. The molecule has 0 bridgehead atoms. The molecule has 0 spiro atoms. The Morgan fingerprint density at radius 3 is 2.59 bits per heavy atom. The van der Waals surface area contributed by atoms with Crippen molar-refractivity contribution in [2.75, 3.05) is 0 Å². The number of carbonyl (C=O) groups excluding carboxylic acids is 1. The van der Waals surface area contributed by atoms with Crippen LogP contribution in [0.15, 0.2) is 73.3 Å². The van der Waals surface area contributed by atoms with Gasteiger partial charge >= 0.3 is 5.92 Å². The molecule has 0 saturated carbocycles. The van der Waals surface area contributed by atoms with Gasteiger partial charge in [-0.05, 0) is 29.7 Å². The Balaban J connectivity index is 1.48. The molecular formula is C26H25F2N7O2. The Kier molecular flexibility index (Phi) is 6.28. The SMILES string of the molecule is CC(C)[C@H](NC(=O)C(C)(F)F)[C@H](Oc1ccc2c(cnn2-c2nc3cnccn3n2)c1)c1ccccc1. The number of nitrogens with zero attached hydrogens (tertiary/aromatic N) is 6. The average molecular weight is 506 g/mol. The first kappa shape index (κ1) is 24.3. The van der Waals surface area contributed by atoms with Crippen LogP contribution in [0.4, 0.5) is 8.78 Å². The summed E-state index contributed by atoms with van der Waals surface area (Å²) in [4.78, 5) is 20.7. The number of ether oxygens (including phenoxy) is 1. The number of alkyl halides is 2. The number of halogens is 2. The summed E-state index contributed by atoms with van der Waals surface area (Å²) < 4.78 is 37.1. The Labute approximate surface area is 211 Å². The molecule has 0 fully saturated rings. The minimum atomic E-state index is -3.51. The number of carbonyl (C=O) groups is 1. The van der Waals surface area contributed by atoms with Gasteiger partial charge in [-0.15, -0.1) is 5.10 Å². The van der Waals surface area contributed by atoms with Crippen LogP contribution >= 0.6 is 0 Å². The molecule has 0 aliphatic heterocycles. The van der Waals surface area contributed by atoms with Gasteiger partial charge in [0.05, 0.1) is 24.0 Å². The van der Waals surface area contributed by atoms with Crippen LogP contribution in [-0.2, 0) is 4.79 Å². The van der Waals surface area contributed by atoms with E-state index >= 15 is 0 Å². The number of nitrogens with one attached hydrogen (secondary N) is 1. The molecule has 5 rings (SSSR count). The molecule has 0 saturated heterocycles. The number of rotatable bonds is 8. The van der Waals surface area contributed by atoms with E-state index in [1.807, 2.05) is 50.2 Å². The van der Waals surface area contributed by atoms with E-state index in [-0.39, 0.29) is 5.92 Å². The molecule has 0 aliphatic carbocycles. The first-order valence-electron chi connectivity index (χ1n) is 11.8. The normalized spacial score (nSPS) is 13.7. The second kappa shape index (κ2) is 9.57. The molecule has 9 nitrogen and oxygen atoms in total. The van der Waals surface area contributed by atoms with Crippen molar-refractivity contribution in [2.24, 2.45) is 5.92 Å². The van der Waals surface area contributed by atoms with Crippen molar-refractivity contribution in [1.82, 2.24) is 34.7 Å². The van der Waals surface area contributed by atoms with Crippen molar-refractivity contribution in [1.29, 1.82) is 0 Å². The molecule has 11 heteroatoms. The lowest BCUT2D eigenvalue weighted by Gasteiger charge is -2.32. The van der Waals surface area contributed by atoms with Crippen molar-refractivity contribution in [2.45, 2.75) is 38.8 Å². The summed E-state index contributed by atoms with van der Waals surface area (Å²) in [5.74, 6) is -4.16. The van der Waals surface area contributed by atoms with Gasteiger partial charge in [0, 0.05) is 24.7 Å². The Bertz CT molecular complexity index is 1510. The lowest BCUT2D eigenvalue weighted by atomic mass is 9.92. The lowest BCUT2D eigenvalue weighted by molar-refractivity contribution is -0.145. The molecular weight excluding hydrogens is 480 g/mol. The molecule has 37 heavy (non-hydrogen) atoms. The molecule has 190 valence electrons. The van der Waals surface area contributed by atoms with Crippen molar-refractivity contribution in [3.8, 4) is 11.7 Å². The van der Waals surface area contributed by atoms with E-state index in [9.17, 15) is 13.6 Å². The van der Waals surface area contributed by atoms with E-state index in [1.165, 1.54) is 0 Å². The summed E-state index contributed by atoms with van der Waals surface area (Å²) in [6.07, 6.45) is 5.88. The van der Waals surface area contributed by atoms with E-state index < -0.39 is 24.0 Å². The van der Waals surface area contributed by atoms with Crippen LogP contribution in [0, 0.1) is 5.92 Å². The fraction of sp³-hybridized carbons (Fsp3) is 0.269. The van der Waals surface area contributed by atoms with Gasteiger partial charge in [0.1, 0.15) is 11.9 Å². The molecule has 3 heterocycles. The maximum absolute atomic E-state index is 13.7. The summed E-state index contributed by atoms with van der Waals surface area (Å²) >= 11 is 0. The number of hydrogen-bond acceptors (Lipinski definition) is 6. The number of hydrogen-bond donors (Lipinski definition) is 1. The highest BCUT2D eigenvalue weighted by atomic mass is 19.3. The van der Waals surface area contributed by atoms with Crippen LogP contribution in [0.3, 0.4) is 0 Å². The predicted molar refractivity (Wildman–Crippen MR) is 133 cm³/mol. The second-order valence-corrected chi connectivity index (χ2v) is 9.15. The zero-order valence-corrected chi connectivity index (χ0v) is 20.4. The van der Waals surface area contributed by atoms with Gasteiger partial charge in [-0.3, -0.25) is 9.78 Å². The average Bonchev–Trinajstić information content (AvgIpc) is 3.49. The standard InChI is InChI=1S/C26H25F2N7O2/c1-16(2)22(32-24(36)26(3,27)28)23(17-7-5-4-6-8-17)37-19-9-10-20-18(13-19)14-30-35(20)25-31-21-15-29-11-12-34(21)33-25/h4-16,22-23H,1-3H3,(H,32,36)/t22-,23+/m0/s1. The molecule has 2 atom stereocenters. The van der Waals surface area contributed by atoms with Gasteiger partial charge in [-0.2, -0.15) is 23.5 Å². The minimum Gasteiger partial charge on any atom is -0.484 e. The Morgan fingerprint density at radius 2 is 1.89 bits per heavy atom. The van der Waals surface area contributed by atoms with E-state index in [0.29, 0.717) is 24.3 Å². The van der Waals surface area contributed by atoms with Crippen LogP contribution in [0.25, 0.3) is 22.5 Å². The topological polar surface area (TPSA) is 99.2 Å². The van der Waals surface area contributed by atoms with Gasteiger partial charge in [-0.1, -0.05) is 44.2 Å².